The third-order valence-corrected chi connectivity index (χ3v) is 5.83. The van der Waals surface area contributed by atoms with Crippen molar-refractivity contribution in [3.63, 3.8) is 0 Å². The first-order valence-electron chi connectivity index (χ1n) is 11.3. The Morgan fingerprint density at radius 3 is 2.39 bits per heavy atom. The number of likely N-dealkylation sites (N-methyl/N-ethyl adjacent to an activating group) is 1. The summed E-state index contributed by atoms with van der Waals surface area (Å²) in [6, 6.07) is 15.2. The zero-order valence-corrected chi connectivity index (χ0v) is 19.7. The minimum atomic E-state index is -0.421. The van der Waals surface area contributed by atoms with E-state index in [4.69, 9.17) is 9.47 Å². The number of nitrogens with zero attached hydrogens (tertiary/aromatic N) is 2. The van der Waals surface area contributed by atoms with E-state index >= 15 is 0 Å². The highest BCUT2D eigenvalue weighted by Crippen LogP contribution is 2.19. The Hall–Kier alpha value is -3.10. The van der Waals surface area contributed by atoms with Crippen LogP contribution in [0.15, 0.2) is 48.5 Å². The number of ether oxygens (including phenoxy) is 2. The Bertz CT molecular complexity index is 896. The molecule has 0 bridgehead atoms. The van der Waals surface area contributed by atoms with E-state index < -0.39 is 6.04 Å². The van der Waals surface area contributed by atoms with Gasteiger partial charge in [0.05, 0.1) is 32.9 Å². The molecule has 1 atom stereocenters. The molecule has 0 spiro atoms. The zero-order valence-electron chi connectivity index (χ0n) is 19.7. The normalized spacial score (nSPS) is 14.6. The van der Waals surface area contributed by atoms with Gasteiger partial charge in [-0.3, -0.25) is 14.5 Å². The van der Waals surface area contributed by atoms with Crippen molar-refractivity contribution in [2.45, 2.75) is 19.4 Å². The molecule has 33 heavy (non-hydrogen) atoms. The van der Waals surface area contributed by atoms with Crippen molar-refractivity contribution in [1.82, 2.24) is 10.2 Å². The Balaban J connectivity index is 1.39. The molecule has 2 N–H and O–H groups in total. The van der Waals surface area contributed by atoms with Crippen LogP contribution in [0.5, 0.6) is 5.75 Å². The van der Waals surface area contributed by atoms with Crippen LogP contribution in [-0.4, -0.2) is 76.3 Å². The summed E-state index contributed by atoms with van der Waals surface area (Å²) in [6.07, 6.45) is 0.729. The summed E-state index contributed by atoms with van der Waals surface area (Å²) in [6.45, 7) is 5.67. The molecule has 2 amide bonds. The lowest BCUT2D eigenvalue weighted by Crippen LogP contribution is -2.46. The Kier molecular flexibility index (Phi) is 9.09. The van der Waals surface area contributed by atoms with E-state index in [2.05, 4.69) is 15.5 Å². The first-order chi connectivity index (χ1) is 16.0. The number of hydrogen-bond acceptors (Lipinski definition) is 6. The molecule has 2 aromatic rings. The van der Waals surface area contributed by atoms with Crippen LogP contribution in [0.25, 0.3) is 0 Å². The molecule has 1 heterocycles. The number of methoxy groups -OCH3 is 1. The quantitative estimate of drug-likeness (QED) is 0.573. The van der Waals surface area contributed by atoms with Crippen molar-refractivity contribution in [2.24, 2.45) is 0 Å². The number of amides is 2. The first kappa shape index (κ1) is 24.5. The minimum Gasteiger partial charge on any atom is -0.497 e. The molecule has 178 valence electrons. The fourth-order valence-corrected chi connectivity index (χ4v) is 3.61. The molecule has 1 fully saturated rings. The Morgan fingerprint density at radius 1 is 1.09 bits per heavy atom. The van der Waals surface area contributed by atoms with Gasteiger partial charge in [-0.15, -0.1) is 0 Å². The van der Waals surface area contributed by atoms with Crippen molar-refractivity contribution in [1.29, 1.82) is 0 Å². The molecule has 1 aliphatic rings. The van der Waals surface area contributed by atoms with Gasteiger partial charge in [-0.05, 0) is 62.4 Å². The van der Waals surface area contributed by atoms with Gasteiger partial charge in [0.25, 0.3) is 0 Å². The highest BCUT2D eigenvalue weighted by atomic mass is 16.5. The van der Waals surface area contributed by atoms with Gasteiger partial charge < -0.3 is 25.0 Å². The number of anilines is 2. The maximum atomic E-state index is 12.5. The average Bonchev–Trinajstić information content (AvgIpc) is 2.84. The van der Waals surface area contributed by atoms with Crippen molar-refractivity contribution in [2.75, 3.05) is 63.8 Å². The Morgan fingerprint density at radius 2 is 1.76 bits per heavy atom. The van der Waals surface area contributed by atoms with Gasteiger partial charge in [0, 0.05) is 31.0 Å². The van der Waals surface area contributed by atoms with Crippen LogP contribution in [0.1, 0.15) is 12.5 Å². The number of rotatable bonds is 10. The van der Waals surface area contributed by atoms with Crippen LogP contribution in [0.4, 0.5) is 11.4 Å². The molecule has 1 aliphatic heterocycles. The third-order valence-electron chi connectivity index (χ3n) is 5.83. The van der Waals surface area contributed by atoms with Gasteiger partial charge >= 0.3 is 0 Å². The number of hydrogen-bond donors (Lipinski definition) is 2. The summed E-state index contributed by atoms with van der Waals surface area (Å²) in [7, 11) is 3.41. The molecular formula is C25H34N4O4. The largest absolute Gasteiger partial charge is 0.497 e. The SMILES string of the molecule is COc1ccc(CCNC(=O)C(C)N(C)CC(=O)Nc2ccc(N3CCOCC3)cc2)cc1. The molecule has 8 nitrogen and oxygen atoms in total. The smallest absolute Gasteiger partial charge is 0.238 e. The van der Waals surface area contributed by atoms with E-state index in [-0.39, 0.29) is 18.4 Å². The second-order valence-electron chi connectivity index (χ2n) is 8.17. The average molecular weight is 455 g/mol. The monoisotopic (exact) mass is 454 g/mol. The molecule has 0 radical (unpaired) electrons. The molecule has 1 saturated heterocycles. The predicted molar refractivity (Wildman–Crippen MR) is 130 cm³/mol. The lowest BCUT2D eigenvalue weighted by Gasteiger charge is -2.29. The standard InChI is InChI=1S/C25H34N4O4/c1-19(25(31)26-13-12-20-4-10-23(32-3)11-5-20)28(2)18-24(30)27-21-6-8-22(9-7-21)29-14-16-33-17-15-29/h4-11,19H,12-18H2,1-3H3,(H,26,31)(H,27,30). The maximum absolute atomic E-state index is 12.5. The fraction of sp³-hybridized carbons (Fsp3) is 0.440. The number of carbonyl (C=O) groups excluding carboxylic acids is 2. The van der Waals surface area contributed by atoms with Crippen LogP contribution in [0, 0.1) is 0 Å². The Labute approximate surface area is 195 Å². The van der Waals surface area contributed by atoms with Crippen molar-refractivity contribution in [3.8, 4) is 5.75 Å². The second-order valence-corrected chi connectivity index (χ2v) is 8.17. The van der Waals surface area contributed by atoms with Crippen LogP contribution >= 0.6 is 0 Å². The summed E-state index contributed by atoms with van der Waals surface area (Å²) >= 11 is 0. The van der Waals surface area contributed by atoms with Crippen LogP contribution < -0.4 is 20.3 Å². The minimum absolute atomic E-state index is 0.103. The van der Waals surface area contributed by atoms with E-state index in [0.29, 0.717) is 6.54 Å². The van der Waals surface area contributed by atoms with Gasteiger partial charge in [-0.25, -0.2) is 0 Å². The summed E-state index contributed by atoms with van der Waals surface area (Å²) < 4.78 is 10.5. The van der Waals surface area contributed by atoms with E-state index in [1.54, 1.807) is 26.0 Å². The summed E-state index contributed by atoms with van der Waals surface area (Å²) in [5.41, 5.74) is 2.98. The molecule has 0 saturated carbocycles. The highest BCUT2D eigenvalue weighted by molar-refractivity contribution is 5.93. The second kappa shape index (κ2) is 12.2. The molecule has 1 unspecified atom stereocenters. The maximum Gasteiger partial charge on any atom is 0.238 e. The number of nitrogens with one attached hydrogen (secondary N) is 2. The lowest BCUT2D eigenvalue weighted by molar-refractivity contribution is -0.126. The fourth-order valence-electron chi connectivity index (χ4n) is 3.61. The predicted octanol–water partition coefficient (Wildman–Crippen LogP) is 2.15. The molecule has 0 aliphatic carbocycles. The molecule has 2 aromatic carbocycles. The van der Waals surface area contributed by atoms with Gasteiger partial charge in [0.15, 0.2) is 0 Å². The van der Waals surface area contributed by atoms with Gasteiger partial charge in [-0.2, -0.15) is 0 Å². The summed E-state index contributed by atoms with van der Waals surface area (Å²) in [5.74, 6) is 0.549. The third kappa shape index (κ3) is 7.47. The molecular weight excluding hydrogens is 420 g/mol. The van der Waals surface area contributed by atoms with Crippen LogP contribution in [-0.2, 0) is 20.7 Å². The van der Waals surface area contributed by atoms with Crippen LogP contribution in [0.2, 0.25) is 0 Å². The molecule has 0 aromatic heterocycles. The van der Waals surface area contributed by atoms with E-state index in [9.17, 15) is 9.59 Å². The van der Waals surface area contributed by atoms with Gasteiger partial charge in [-0.1, -0.05) is 12.1 Å². The zero-order chi connectivity index (χ0) is 23.6. The van der Waals surface area contributed by atoms with Crippen molar-refractivity contribution >= 4 is 23.2 Å². The van der Waals surface area contributed by atoms with E-state index in [0.717, 1.165) is 55.4 Å². The number of morpholine rings is 1. The van der Waals surface area contributed by atoms with E-state index in [1.165, 1.54) is 0 Å². The van der Waals surface area contributed by atoms with Crippen molar-refractivity contribution < 1.29 is 19.1 Å². The van der Waals surface area contributed by atoms with Gasteiger partial charge in [0.1, 0.15) is 5.75 Å². The highest BCUT2D eigenvalue weighted by Gasteiger charge is 2.20. The van der Waals surface area contributed by atoms with Gasteiger partial charge in [0.2, 0.25) is 11.8 Å². The topological polar surface area (TPSA) is 83.1 Å². The number of benzene rings is 2. The lowest BCUT2D eigenvalue weighted by atomic mass is 10.1. The van der Waals surface area contributed by atoms with Crippen molar-refractivity contribution in [3.05, 3.63) is 54.1 Å². The summed E-state index contributed by atoms with van der Waals surface area (Å²) in [5, 5.41) is 5.85. The first-order valence-corrected chi connectivity index (χ1v) is 11.3. The number of carbonyl (C=O) groups is 2. The molecule has 3 rings (SSSR count). The summed E-state index contributed by atoms with van der Waals surface area (Å²) in [4.78, 5) is 28.9. The van der Waals surface area contributed by atoms with Crippen LogP contribution in [0.3, 0.4) is 0 Å². The molecule has 8 heteroatoms. The van der Waals surface area contributed by atoms with E-state index in [1.807, 2.05) is 48.5 Å².